The number of para-hydroxylation sites is 1. The van der Waals surface area contributed by atoms with E-state index < -0.39 is 5.97 Å². The Morgan fingerprint density at radius 3 is 2.66 bits per heavy atom. The Bertz CT molecular complexity index is 1150. The molecule has 0 fully saturated rings. The Hall–Kier alpha value is -3.52. The van der Waals surface area contributed by atoms with Crippen LogP contribution in [0.25, 0.3) is 15.9 Å². The zero-order chi connectivity index (χ0) is 20.2. The first-order chi connectivity index (χ1) is 14.1. The van der Waals surface area contributed by atoms with Gasteiger partial charge < -0.3 is 10.1 Å². The Morgan fingerprint density at radius 1 is 1.14 bits per heavy atom. The number of benzene rings is 1. The van der Waals surface area contributed by atoms with Gasteiger partial charge in [0.05, 0.1) is 28.4 Å². The van der Waals surface area contributed by atoms with Gasteiger partial charge in [-0.3, -0.25) is 9.78 Å². The van der Waals surface area contributed by atoms with Crippen LogP contribution in [0.1, 0.15) is 25.7 Å². The number of aromatic nitrogens is 3. The molecule has 0 radical (unpaired) electrons. The maximum absolute atomic E-state index is 12.5. The molecule has 1 N–H and O–H groups in total. The van der Waals surface area contributed by atoms with Crippen LogP contribution in [-0.4, -0.2) is 39.8 Å². The summed E-state index contributed by atoms with van der Waals surface area (Å²) in [7, 11) is 0. The first kappa shape index (κ1) is 18.8. The summed E-state index contributed by atoms with van der Waals surface area (Å²) in [4.78, 5) is 29.8. The molecule has 0 saturated carbocycles. The van der Waals surface area contributed by atoms with E-state index in [2.05, 4.69) is 15.4 Å². The Labute approximate surface area is 171 Å². The first-order valence-electron chi connectivity index (χ1n) is 9.03. The minimum Gasteiger partial charge on any atom is -0.460 e. The Balaban J connectivity index is 1.40. The summed E-state index contributed by atoms with van der Waals surface area (Å²) in [5, 5.41) is 8.32. The van der Waals surface area contributed by atoms with Crippen LogP contribution < -0.4 is 5.32 Å². The zero-order valence-corrected chi connectivity index (χ0v) is 16.5. The van der Waals surface area contributed by atoms with Gasteiger partial charge in [-0.15, -0.1) is 11.3 Å². The number of esters is 1. The Kier molecular flexibility index (Phi) is 5.35. The van der Waals surface area contributed by atoms with Crippen molar-refractivity contribution < 1.29 is 14.3 Å². The third-order valence-corrected chi connectivity index (χ3v) is 5.42. The van der Waals surface area contributed by atoms with Crippen molar-refractivity contribution in [2.24, 2.45) is 0 Å². The van der Waals surface area contributed by atoms with Gasteiger partial charge in [-0.1, -0.05) is 18.2 Å². The van der Waals surface area contributed by atoms with E-state index in [-0.39, 0.29) is 19.1 Å². The summed E-state index contributed by atoms with van der Waals surface area (Å²) in [5.41, 5.74) is 2.24. The highest BCUT2D eigenvalue weighted by Gasteiger charge is 2.17. The van der Waals surface area contributed by atoms with Gasteiger partial charge in [0, 0.05) is 17.8 Å². The third kappa shape index (κ3) is 4.02. The van der Waals surface area contributed by atoms with Crippen molar-refractivity contribution in [1.82, 2.24) is 20.1 Å². The summed E-state index contributed by atoms with van der Waals surface area (Å²) in [5.74, 6) is -0.646. The predicted octanol–water partition coefficient (Wildman–Crippen LogP) is 3.38. The highest BCUT2D eigenvalue weighted by atomic mass is 32.1. The molecule has 146 valence electrons. The molecule has 0 spiro atoms. The first-order valence-corrected chi connectivity index (χ1v) is 9.85. The summed E-state index contributed by atoms with van der Waals surface area (Å²) in [6.07, 6.45) is 3.05. The zero-order valence-electron chi connectivity index (χ0n) is 15.7. The fraction of sp³-hybridized carbons (Fsp3) is 0.143. The molecule has 0 saturated heterocycles. The van der Waals surface area contributed by atoms with Crippen molar-refractivity contribution in [2.75, 3.05) is 13.2 Å². The summed E-state index contributed by atoms with van der Waals surface area (Å²) >= 11 is 1.38. The minimum absolute atomic E-state index is 0.0919. The number of thiophene rings is 1. The van der Waals surface area contributed by atoms with Crippen LogP contribution in [0.4, 0.5) is 0 Å². The summed E-state index contributed by atoms with van der Waals surface area (Å²) in [6, 6.07) is 14.8. The van der Waals surface area contributed by atoms with Crippen LogP contribution in [0.5, 0.6) is 0 Å². The van der Waals surface area contributed by atoms with Crippen molar-refractivity contribution in [2.45, 2.75) is 6.92 Å². The summed E-state index contributed by atoms with van der Waals surface area (Å²) in [6.45, 7) is 2.25. The van der Waals surface area contributed by atoms with Crippen LogP contribution in [0.2, 0.25) is 0 Å². The van der Waals surface area contributed by atoms with Crippen molar-refractivity contribution in [3.8, 4) is 5.69 Å². The molecule has 0 aliphatic heterocycles. The number of aryl methyl sites for hydroxylation is 1. The van der Waals surface area contributed by atoms with Crippen LogP contribution in [-0.2, 0) is 4.74 Å². The molecule has 1 aromatic carbocycles. The van der Waals surface area contributed by atoms with Crippen molar-refractivity contribution in [1.29, 1.82) is 0 Å². The number of nitrogens with one attached hydrogen (secondary N) is 1. The van der Waals surface area contributed by atoms with Gasteiger partial charge in [0.2, 0.25) is 0 Å². The molecule has 3 aromatic heterocycles. The van der Waals surface area contributed by atoms with Gasteiger partial charge in [0.15, 0.2) is 0 Å². The number of fused-ring (bicyclic) bond motifs is 1. The van der Waals surface area contributed by atoms with Gasteiger partial charge in [0.1, 0.15) is 11.4 Å². The molecule has 29 heavy (non-hydrogen) atoms. The number of amides is 1. The van der Waals surface area contributed by atoms with E-state index in [9.17, 15) is 9.59 Å². The maximum atomic E-state index is 12.5. The molecule has 0 aliphatic carbocycles. The van der Waals surface area contributed by atoms with E-state index >= 15 is 0 Å². The monoisotopic (exact) mass is 406 g/mol. The lowest BCUT2D eigenvalue weighted by atomic mass is 10.3. The topological polar surface area (TPSA) is 86.1 Å². The standard InChI is InChI=1S/C21H18N4O3S/c1-14-17-13-18(29-20(17)25(24-14)16-5-3-2-4-6-16)19(26)23-11-12-28-21(27)15-7-9-22-10-8-15/h2-10,13H,11-12H2,1H3,(H,23,26). The normalized spacial score (nSPS) is 10.8. The second-order valence-electron chi connectivity index (χ2n) is 6.29. The molecule has 0 unspecified atom stereocenters. The molecule has 3 heterocycles. The summed E-state index contributed by atoms with van der Waals surface area (Å²) < 4.78 is 7.01. The molecular formula is C21H18N4O3S. The molecule has 0 aliphatic rings. The maximum Gasteiger partial charge on any atom is 0.338 e. The molecule has 8 heteroatoms. The van der Waals surface area contributed by atoms with Gasteiger partial charge in [-0.25, -0.2) is 9.48 Å². The second-order valence-corrected chi connectivity index (χ2v) is 7.32. The smallest absolute Gasteiger partial charge is 0.338 e. The van der Waals surface area contributed by atoms with Gasteiger partial charge in [-0.2, -0.15) is 5.10 Å². The molecule has 1 amide bonds. The molecule has 0 bridgehead atoms. The van der Waals surface area contributed by atoms with E-state index in [1.165, 1.54) is 23.7 Å². The number of pyridine rings is 1. The number of carbonyl (C=O) groups excluding carboxylic acids is 2. The molecule has 7 nitrogen and oxygen atoms in total. The highest BCUT2D eigenvalue weighted by molar-refractivity contribution is 7.20. The van der Waals surface area contributed by atoms with Crippen LogP contribution in [0.15, 0.2) is 60.9 Å². The number of nitrogens with zero attached hydrogens (tertiary/aromatic N) is 3. The SMILES string of the molecule is Cc1nn(-c2ccccc2)c2sc(C(=O)NCCOC(=O)c3ccncc3)cc12. The van der Waals surface area contributed by atoms with E-state index in [1.54, 1.807) is 12.1 Å². The minimum atomic E-state index is -0.443. The average Bonchev–Trinajstić information content (AvgIpc) is 3.33. The van der Waals surface area contributed by atoms with Gasteiger partial charge in [0.25, 0.3) is 5.91 Å². The lowest BCUT2D eigenvalue weighted by Gasteiger charge is -2.06. The van der Waals surface area contributed by atoms with Crippen LogP contribution in [0.3, 0.4) is 0 Å². The lowest BCUT2D eigenvalue weighted by Crippen LogP contribution is -2.27. The van der Waals surface area contributed by atoms with Crippen molar-refractivity contribution >= 4 is 33.4 Å². The van der Waals surface area contributed by atoms with E-state index in [4.69, 9.17) is 4.74 Å². The number of carbonyl (C=O) groups is 2. The Morgan fingerprint density at radius 2 is 1.90 bits per heavy atom. The molecular weight excluding hydrogens is 388 g/mol. The fourth-order valence-corrected chi connectivity index (χ4v) is 3.97. The average molecular weight is 406 g/mol. The number of rotatable bonds is 6. The van der Waals surface area contributed by atoms with E-state index in [0.29, 0.717) is 10.4 Å². The van der Waals surface area contributed by atoms with E-state index in [1.807, 2.05) is 48.0 Å². The lowest BCUT2D eigenvalue weighted by molar-refractivity contribution is 0.0503. The number of hydrogen-bond acceptors (Lipinski definition) is 6. The number of ether oxygens (including phenoxy) is 1. The second kappa shape index (κ2) is 8.24. The van der Waals surface area contributed by atoms with Crippen molar-refractivity contribution in [3.05, 3.63) is 77.1 Å². The largest absolute Gasteiger partial charge is 0.460 e. The van der Waals surface area contributed by atoms with Gasteiger partial charge in [-0.05, 0) is 37.3 Å². The van der Waals surface area contributed by atoms with Crippen LogP contribution in [0, 0.1) is 6.92 Å². The molecule has 4 rings (SSSR count). The van der Waals surface area contributed by atoms with Crippen LogP contribution >= 0.6 is 11.3 Å². The molecule has 0 atom stereocenters. The van der Waals surface area contributed by atoms with Gasteiger partial charge >= 0.3 is 5.97 Å². The predicted molar refractivity (Wildman–Crippen MR) is 111 cm³/mol. The number of hydrogen-bond donors (Lipinski definition) is 1. The molecule has 4 aromatic rings. The third-order valence-electron chi connectivity index (χ3n) is 4.31. The fourth-order valence-electron chi connectivity index (χ4n) is 2.87. The quantitative estimate of drug-likeness (QED) is 0.392. The highest BCUT2D eigenvalue weighted by Crippen LogP contribution is 2.30. The van der Waals surface area contributed by atoms with E-state index in [0.717, 1.165) is 21.6 Å². The van der Waals surface area contributed by atoms with Crippen molar-refractivity contribution in [3.63, 3.8) is 0 Å².